The van der Waals surface area contributed by atoms with Crippen molar-refractivity contribution in [3.8, 4) is 0 Å². The van der Waals surface area contributed by atoms with E-state index in [1.54, 1.807) is 0 Å². The third-order valence-electron chi connectivity index (χ3n) is 0.805. The summed E-state index contributed by atoms with van der Waals surface area (Å²) >= 11 is 4.21. The number of carbonyl (C=O) groups excluding carboxylic acids is 1. The fourth-order valence-corrected chi connectivity index (χ4v) is 0.473. The van der Waals surface area contributed by atoms with Crippen LogP contribution < -0.4 is 5.73 Å². The summed E-state index contributed by atoms with van der Waals surface area (Å²) in [7, 11) is 0. The normalized spacial score (nSPS) is 8.90. The van der Waals surface area contributed by atoms with E-state index in [0.29, 0.717) is 19.6 Å². The summed E-state index contributed by atoms with van der Waals surface area (Å²) < 4.78 is 7.84. The van der Waals surface area contributed by atoms with Gasteiger partial charge in [-0.25, -0.2) is 4.36 Å². The second-order valence-electron chi connectivity index (χ2n) is 1.65. The van der Waals surface area contributed by atoms with E-state index in [1.165, 1.54) is 0 Å². The van der Waals surface area contributed by atoms with Gasteiger partial charge in [0.1, 0.15) is 6.54 Å². The number of ether oxygens (including phenoxy) is 1. The molecule has 0 saturated heterocycles. The number of carbonyl (C=O) groups is 1. The van der Waals surface area contributed by atoms with Crippen LogP contribution in [0.1, 0.15) is 6.42 Å². The molecule has 4 nitrogen and oxygen atoms in total. The lowest BCUT2D eigenvalue weighted by atomic mass is 10.5. The van der Waals surface area contributed by atoms with Crippen molar-refractivity contribution >= 4 is 18.4 Å². The Balaban J connectivity index is 3.13. The molecule has 0 saturated carbocycles. The van der Waals surface area contributed by atoms with Gasteiger partial charge in [-0.15, -0.1) is 0 Å². The molecule has 0 radical (unpaired) electrons. The number of nitrogens with two attached hydrogens (primary N) is 1. The molecule has 0 aliphatic rings. The lowest BCUT2D eigenvalue weighted by Crippen LogP contribution is -2.11. The van der Waals surface area contributed by atoms with Crippen molar-refractivity contribution in [3.05, 3.63) is 0 Å². The Labute approximate surface area is 64.9 Å². The predicted octanol–water partition coefficient (Wildman–Crippen LogP) is -0.391. The van der Waals surface area contributed by atoms with E-state index in [-0.39, 0.29) is 12.5 Å². The molecule has 0 fully saturated rings. The highest BCUT2D eigenvalue weighted by Gasteiger charge is 1.97. The van der Waals surface area contributed by atoms with Crippen LogP contribution in [0.4, 0.5) is 0 Å². The highest BCUT2D eigenvalue weighted by molar-refractivity contribution is 7.47. The van der Waals surface area contributed by atoms with Gasteiger partial charge in [0.25, 0.3) is 0 Å². The molecule has 0 aromatic rings. The summed E-state index contributed by atoms with van der Waals surface area (Å²) in [6.45, 7) is 0.846. The molecule has 0 aliphatic carbocycles. The summed E-state index contributed by atoms with van der Waals surface area (Å²) in [5.74, 6) is -0.386. The SMILES string of the molecule is NCCCOC(=O)CN=S. The molecular weight excluding hydrogens is 152 g/mol. The summed E-state index contributed by atoms with van der Waals surface area (Å²) in [5.41, 5.74) is 5.15. The van der Waals surface area contributed by atoms with Crippen LogP contribution in [0.2, 0.25) is 0 Å². The number of nitrogens with zero attached hydrogens (tertiary/aromatic N) is 1. The third-order valence-corrected chi connectivity index (χ3v) is 0.934. The molecule has 0 spiro atoms. The van der Waals surface area contributed by atoms with E-state index in [0.717, 1.165) is 0 Å². The standard InChI is InChI=1S/C5H10N2O2S/c6-2-1-3-9-5(8)4-7-10/h1-4,6H2. The van der Waals surface area contributed by atoms with Gasteiger partial charge in [-0.2, -0.15) is 0 Å². The Morgan fingerprint density at radius 1 is 1.70 bits per heavy atom. The number of esters is 1. The molecular formula is C5H10N2O2S. The maximum Gasteiger partial charge on any atom is 0.328 e. The van der Waals surface area contributed by atoms with Crippen LogP contribution >= 0.6 is 0 Å². The first kappa shape index (κ1) is 9.45. The van der Waals surface area contributed by atoms with E-state index in [1.807, 2.05) is 0 Å². The molecule has 5 heteroatoms. The zero-order chi connectivity index (χ0) is 7.82. The Morgan fingerprint density at radius 3 is 2.90 bits per heavy atom. The van der Waals surface area contributed by atoms with Gasteiger partial charge in [0.2, 0.25) is 0 Å². The smallest absolute Gasteiger partial charge is 0.328 e. The first-order chi connectivity index (χ1) is 4.81. The van der Waals surface area contributed by atoms with Crippen LogP contribution in [0.15, 0.2) is 4.36 Å². The molecule has 0 heterocycles. The summed E-state index contributed by atoms with van der Waals surface area (Å²) in [5, 5.41) is 0. The average molecular weight is 162 g/mol. The van der Waals surface area contributed by atoms with E-state index >= 15 is 0 Å². The van der Waals surface area contributed by atoms with Crippen molar-refractivity contribution in [1.29, 1.82) is 0 Å². The maximum atomic E-state index is 10.5. The van der Waals surface area contributed by atoms with Crippen LogP contribution in [-0.2, 0) is 22.0 Å². The Morgan fingerprint density at radius 2 is 2.40 bits per heavy atom. The second-order valence-corrected chi connectivity index (χ2v) is 1.91. The van der Waals surface area contributed by atoms with Crippen molar-refractivity contribution in [2.24, 2.45) is 10.1 Å². The highest BCUT2D eigenvalue weighted by atomic mass is 32.1. The summed E-state index contributed by atoms with van der Waals surface area (Å²) in [6.07, 6.45) is 0.684. The minimum absolute atomic E-state index is 0.0418. The largest absolute Gasteiger partial charge is 0.464 e. The van der Waals surface area contributed by atoms with Gasteiger partial charge in [0, 0.05) is 12.4 Å². The summed E-state index contributed by atoms with van der Waals surface area (Å²) in [4.78, 5) is 10.5. The molecule has 58 valence electrons. The van der Waals surface area contributed by atoms with Crippen LogP contribution in [0.25, 0.3) is 0 Å². The van der Waals surface area contributed by atoms with Crippen molar-refractivity contribution in [2.45, 2.75) is 6.42 Å². The Kier molecular flexibility index (Phi) is 6.21. The van der Waals surface area contributed by atoms with Gasteiger partial charge in [0.05, 0.1) is 6.61 Å². The maximum absolute atomic E-state index is 10.5. The van der Waals surface area contributed by atoms with Gasteiger partial charge >= 0.3 is 5.97 Å². The number of hydrogen-bond acceptors (Lipinski definition) is 5. The van der Waals surface area contributed by atoms with Gasteiger partial charge in [-0.05, 0) is 13.0 Å². The van der Waals surface area contributed by atoms with Gasteiger partial charge in [-0.1, -0.05) is 0 Å². The fraction of sp³-hybridized carbons (Fsp3) is 0.800. The van der Waals surface area contributed by atoms with Crippen LogP contribution in [0.3, 0.4) is 0 Å². The molecule has 0 rings (SSSR count). The first-order valence-corrected chi connectivity index (χ1v) is 3.32. The average Bonchev–Trinajstić information content (AvgIpc) is 1.89. The number of hydrogen-bond donors (Lipinski definition) is 1. The van der Waals surface area contributed by atoms with Gasteiger partial charge in [-0.3, -0.25) is 4.79 Å². The van der Waals surface area contributed by atoms with Crippen molar-refractivity contribution < 1.29 is 9.53 Å². The molecule has 0 bridgehead atoms. The van der Waals surface area contributed by atoms with Crippen molar-refractivity contribution in [1.82, 2.24) is 0 Å². The Bertz CT molecular complexity index is 118. The second kappa shape index (κ2) is 6.57. The van der Waals surface area contributed by atoms with Gasteiger partial charge < -0.3 is 10.5 Å². The van der Waals surface area contributed by atoms with E-state index in [4.69, 9.17) is 5.73 Å². The quantitative estimate of drug-likeness (QED) is 0.441. The lowest BCUT2D eigenvalue weighted by molar-refractivity contribution is -0.141. The summed E-state index contributed by atoms with van der Waals surface area (Å²) in [6, 6.07) is 0. The molecule has 0 amide bonds. The van der Waals surface area contributed by atoms with Crippen LogP contribution in [-0.4, -0.2) is 25.7 Å². The Hall–Kier alpha value is -0.550. The van der Waals surface area contributed by atoms with Crippen LogP contribution in [0, 0.1) is 0 Å². The predicted molar refractivity (Wildman–Crippen MR) is 39.3 cm³/mol. The van der Waals surface area contributed by atoms with E-state index in [2.05, 4.69) is 21.5 Å². The topological polar surface area (TPSA) is 64.7 Å². The van der Waals surface area contributed by atoms with Crippen LogP contribution in [0.5, 0.6) is 0 Å². The molecule has 10 heavy (non-hydrogen) atoms. The zero-order valence-corrected chi connectivity index (χ0v) is 6.39. The monoisotopic (exact) mass is 162 g/mol. The molecule has 0 unspecified atom stereocenters. The van der Waals surface area contributed by atoms with Crippen molar-refractivity contribution in [3.63, 3.8) is 0 Å². The minimum Gasteiger partial charge on any atom is -0.464 e. The highest BCUT2D eigenvalue weighted by Crippen LogP contribution is 1.82. The molecule has 0 aliphatic heterocycles. The third kappa shape index (κ3) is 5.58. The van der Waals surface area contributed by atoms with Crippen molar-refractivity contribution in [2.75, 3.05) is 19.7 Å². The lowest BCUT2D eigenvalue weighted by Gasteiger charge is -1.98. The van der Waals surface area contributed by atoms with E-state index < -0.39 is 0 Å². The van der Waals surface area contributed by atoms with Gasteiger partial charge in [0.15, 0.2) is 0 Å². The molecule has 0 atom stereocenters. The zero-order valence-electron chi connectivity index (χ0n) is 5.58. The fourth-order valence-electron chi connectivity index (χ4n) is 0.368. The minimum atomic E-state index is -0.386. The first-order valence-electron chi connectivity index (χ1n) is 2.96. The molecule has 2 N–H and O–H groups in total. The number of rotatable bonds is 5. The molecule has 0 aromatic heterocycles. The van der Waals surface area contributed by atoms with E-state index in [9.17, 15) is 4.79 Å². The molecule has 0 aromatic carbocycles.